The van der Waals surface area contributed by atoms with Gasteiger partial charge in [-0.05, 0) is 61.4 Å². The predicted molar refractivity (Wildman–Crippen MR) is 148 cm³/mol. The number of cyclic esters (lactones) is 1. The van der Waals surface area contributed by atoms with Crippen molar-refractivity contribution >= 4 is 22.1 Å². The number of nitriles is 1. The van der Waals surface area contributed by atoms with Crippen LogP contribution in [0.1, 0.15) is 38.4 Å². The van der Waals surface area contributed by atoms with Crippen molar-refractivity contribution in [3.63, 3.8) is 0 Å². The van der Waals surface area contributed by atoms with Crippen molar-refractivity contribution in [1.29, 1.82) is 5.26 Å². The Balaban J connectivity index is 1.46. The standard InChI is InChI=1S/C31H31N3O4S/c1-20-17-31(34-39(36,37)26-10-5-4-6-11-26)29(22(3)38-30(31)35)27(21(20)2)16-15-25-14-13-24(19-33-25)28-12-8-7-9-23(28)18-32/h4-16,19-22,27,29,34H,17H2,1-3H3/b16-15+/t20?,21?,22-,27?,29+,31+/m1/s1. The zero-order valence-corrected chi connectivity index (χ0v) is 22.9. The molecule has 0 amide bonds. The van der Waals surface area contributed by atoms with E-state index in [9.17, 15) is 18.5 Å². The van der Waals surface area contributed by atoms with Crippen molar-refractivity contribution in [3.05, 3.63) is 90.3 Å². The Hall–Kier alpha value is -3.80. The minimum Gasteiger partial charge on any atom is -0.461 e. The lowest BCUT2D eigenvalue weighted by Crippen LogP contribution is -2.62. The number of nitrogens with zero attached hydrogens (tertiary/aromatic N) is 2. The topological polar surface area (TPSA) is 109 Å². The highest BCUT2D eigenvalue weighted by Crippen LogP contribution is 2.52. The second-order valence-corrected chi connectivity index (χ2v) is 12.3. The fourth-order valence-corrected chi connectivity index (χ4v) is 7.61. The number of carbonyl (C=O) groups excluding carboxylic acids is 1. The SMILES string of the molecule is CC1C[C@@]2(NS(=O)(=O)c3ccccc3)C(=O)O[C@H](C)[C@H]2C(/C=C/c2ccc(-c3ccccc3C#N)cn2)C1C. The van der Waals surface area contributed by atoms with Crippen LogP contribution in [0.4, 0.5) is 0 Å². The fraction of sp³-hybridized carbons (Fsp3) is 0.323. The Labute approximate surface area is 229 Å². The summed E-state index contributed by atoms with van der Waals surface area (Å²) in [5.74, 6) is -0.790. The zero-order chi connectivity index (χ0) is 27.8. The van der Waals surface area contributed by atoms with Crippen molar-refractivity contribution < 1.29 is 17.9 Å². The number of allylic oxidation sites excluding steroid dienone is 1. The van der Waals surface area contributed by atoms with E-state index < -0.39 is 27.6 Å². The number of sulfonamides is 1. The molecule has 0 radical (unpaired) electrons. The van der Waals surface area contributed by atoms with Crippen LogP contribution in [-0.4, -0.2) is 31.0 Å². The minimum absolute atomic E-state index is 0.0602. The van der Waals surface area contributed by atoms with Crippen LogP contribution in [-0.2, 0) is 19.6 Å². The van der Waals surface area contributed by atoms with Gasteiger partial charge in [-0.2, -0.15) is 9.98 Å². The average Bonchev–Trinajstić information content (AvgIpc) is 3.17. The Morgan fingerprint density at radius 3 is 2.46 bits per heavy atom. The van der Waals surface area contributed by atoms with Crippen molar-refractivity contribution in [2.75, 3.05) is 0 Å². The summed E-state index contributed by atoms with van der Waals surface area (Å²) >= 11 is 0. The number of pyridine rings is 1. The monoisotopic (exact) mass is 541 g/mol. The molecule has 2 aromatic carbocycles. The second kappa shape index (κ2) is 10.4. The van der Waals surface area contributed by atoms with Gasteiger partial charge in [-0.25, -0.2) is 13.2 Å². The first kappa shape index (κ1) is 26.8. The molecular weight excluding hydrogens is 510 g/mol. The van der Waals surface area contributed by atoms with Crippen LogP contribution >= 0.6 is 0 Å². The van der Waals surface area contributed by atoms with E-state index in [-0.39, 0.29) is 28.6 Å². The highest BCUT2D eigenvalue weighted by Gasteiger charge is 2.63. The van der Waals surface area contributed by atoms with E-state index >= 15 is 0 Å². The number of nitrogens with one attached hydrogen (secondary N) is 1. The molecule has 8 heteroatoms. The van der Waals surface area contributed by atoms with Gasteiger partial charge in [-0.15, -0.1) is 0 Å². The normalized spacial score (nSPS) is 28.6. The number of fused-ring (bicyclic) bond motifs is 1. The fourth-order valence-electron chi connectivity index (χ4n) is 6.20. The van der Waals surface area contributed by atoms with Crippen LogP contribution < -0.4 is 4.72 Å². The number of benzene rings is 2. The molecule has 1 saturated heterocycles. The molecule has 1 aliphatic carbocycles. The van der Waals surface area contributed by atoms with Gasteiger partial charge in [0, 0.05) is 23.2 Å². The summed E-state index contributed by atoms with van der Waals surface area (Å²) in [5, 5.41) is 9.42. The summed E-state index contributed by atoms with van der Waals surface area (Å²) in [6, 6.07) is 21.5. The maximum Gasteiger partial charge on any atom is 0.328 e. The third-order valence-corrected chi connectivity index (χ3v) is 9.83. The molecule has 1 aromatic heterocycles. The largest absolute Gasteiger partial charge is 0.461 e. The van der Waals surface area contributed by atoms with Crippen molar-refractivity contribution in [3.8, 4) is 17.2 Å². The van der Waals surface area contributed by atoms with Crippen LogP contribution in [0, 0.1) is 35.0 Å². The molecule has 5 rings (SSSR count). The molecular formula is C31H31N3O4S. The van der Waals surface area contributed by atoms with Gasteiger partial charge in [0.15, 0.2) is 0 Å². The number of hydrogen-bond acceptors (Lipinski definition) is 6. The van der Waals surface area contributed by atoms with Crippen molar-refractivity contribution in [1.82, 2.24) is 9.71 Å². The predicted octanol–water partition coefficient (Wildman–Crippen LogP) is 5.20. The number of esters is 1. The lowest BCUT2D eigenvalue weighted by Gasteiger charge is -2.47. The lowest BCUT2D eigenvalue weighted by molar-refractivity contribution is -0.146. The molecule has 7 nitrogen and oxygen atoms in total. The van der Waals surface area contributed by atoms with Crippen LogP contribution in [0.5, 0.6) is 0 Å². The molecule has 1 saturated carbocycles. The van der Waals surface area contributed by atoms with E-state index in [2.05, 4.69) is 29.6 Å². The van der Waals surface area contributed by atoms with Gasteiger partial charge in [0.1, 0.15) is 11.6 Å². The quantitative estimate of drug-likeness (QED) is 0.430. The van der Waals surface area contributed by atoms with Gasteiger partial charge in [0.05, 0.1) is 22.2 Å². The third-order valence-electron chi connectivity index (χ3n) is 8.30. The molecule has 3 aromatic rings. The molecule has 0 spiro atoms. The maximum atomic E-state index is 13.4. The van der Waals surface area contributed by atoms with E-state index in [0.29, 0.717) is 12.0 Å². The summed E-state index contributed by atoms with van der Waals surface area (Å²) in [7, 11) is -3.96. The van der Waals surface area contributed by atoms with Crippen molar-refractivity contribution in [2.24, 2.45) is 23.7 Å². The first-order valence-electron chi connectivity index (χ1n) is 13.1. The third kappa shape index (κ3) is 4.88. The molecule has 1 N–H and O–H groups in total. The van der Waals surface area contributed by atoms with E-state index in [1.807, 2.05) is 49.4 Å². The van der Waals surface area contributed by atoms with Gasteiger partial charge in [0.25, 0.3) is 0 Å². The second-order valence-electron chi connectivity index (χ2n) is 10.6. The van der Waals surface area contributed by atoms with Crippen LogP contribution in [0.3, 0.4) is 0 Å². The number of hydrogen-bond donors (Lipinski definition) is 1. The van der Waals surface area contributed by atoms with Gasteiger partial charge >= 0.3 is 5.97 Å². The molecule has 6 atom stereocenters. The summed E-state index contributed by atoms with van der Waals surface area (Å²) < 4.78 is 35.3. The van der Waals surface area contributed by atoms with E-state index in [4.69, 9.17) is 4.74 Å². The number of rotatable bonds is 6. The maximum absolute atomic E-state index is 13.4. The molecule has 2 fully saturated rings. The molecule has 2 aliphatic rings. The number of carbonyl (C=O) groups is 1. The van der Waals surface area contributed by atoms with Gasteiger partial charge < -0.3 is 4.74 Å². The summed E-state index contributed by atoms with van der Waals surface area (Å²) in [6.45, 7) is 6.03. The molecule has 3 unspecified atom stereocenters. The Kier molecular flexibility index (Phi) is 7.15. The smallest absolute Gasteiger partial charge is 0.328 e. The summed E-state index contributed by atoms with van der Waals surface area (Å²) in [6.07, 6.45) is 5.61. The van der Waals surface area contributed by atoms with Crippen LogP contribution in [0.2, 0.25) is 0 Å². The van der Waals surface area contributed by atoms with E-state index in [1.165, 1.54) is 12.1 Å². The molecule has 2 heterocycles. The summed E-state index contributed by atoms with van der Waals surface area (Å²) in [5.41, 5.74) is 1.63. The Bertz CT molecular complexity index is 1550. The van der Waals surface area contributed by atoms with Crippen LogP contribution in [0.25, 0.3) is 17.2 Å². The van der Waals surface area contributed by atoms with Gasteiger partial charge in [-0.1, -0.05) is 62.4 Å². The average molecular weight is 542 g/mol. The molecule has 200 valence electrons. The highest BCUT2D eigenvalue weighted by molar-refractivity contribution is 7.89. The van der Waals surface area contributed by atoms with Crippen molar-refractivity contribution in [2.45, 2.75) is 43.7 Å². The Morgan fingerprint density at radius 2 is 1.77 bits per heavy atom. The van der Waals surface area contributed by atoms with Gasteiger partial charge in [-0.3, -0.25) is 4.98 Å². The minimum atomic E-state index is -3.96. The molecule has 39 heavy (non-hydrogen) atoms. The summed E-state index contributed by atoms with van der Waals surface area (Å²) in [4.78, 5) is 18.0. The molecule has 1 aliphatic heterocycles. The van der Waals surface area contributed by atoms with E-state index in [1.54, 1.807) is 30.5 Å². The Morgan fingerprint density at radius 1 is 1.05 bits per heavy atom. The van der Waals surface area contributed by atoms with Crippen LogP contribution in [0.15, 0.2) is 83.9 Å². The van der Waals surface area contributed by atoms with Gasteiger partial charge in [0.2, 0.25) is 10.0 Å². The zero-order valence-electron chi connectivity index (χ0n) is 22.1. The number of ether oxygens (including phenoxy) is 1. The highest BCUT2D eigenvalue weighted by atomic mass is 32.2. The number of aromatic nitrogens is 1. The lowest BCUT2D eigenvalue weighted by atomic mass is 9.59. The first-order chi connectivity index (χ1) is 18.7. The molecule has 0 bridgehead atoms. The van der Waals surface area contributed by atoms with E-state index in [0.717, 1.165) is 16.8 Å². The first-order valence-corrected chi connectivity index (χ1v) is 14.6.